The number of phosphoric acid groups is 1. The number of nitrogens with two attached hydrogens (primary N) is 2. The van der Waals surface area contributed by atoms with Crippen LogP contribution in [-0.2, 0) is 35.1 Å². The molecule has 2 atom stereocenters. The lowest BCUT2D eigenvalue weighted by molar-refractivity contribution is -0.126. The lowest BCUT2D eigenvalue weighted by atomic mass is 9.99. The van der Waals surface area contributed by atoms with Gasteiger partial charge >= 0.3 is 13.9 Å². The van der Waals surface area contributed by atoms with Gasteiger partial charge in [-0.1, -0.05) is 54.4 Å². The zero-order valence-electron chi connectivity index (χ0n) is 24.1. The van der Waals surface area contributed by atoms with Crippen molar-refractivity contribution in [3.63, 3.8) is 0 Å². The molecule has 0 aliphatic carbocycles. The monoisotopic (exact) mass is 706 g/mol. The van der Waals surface area contributed by atoms with Crippen LogP contribution in [0.2, 0.25) is 0 Å². The van der Waals surface area contributed by atoms with E-state index in [9.17, 15) is 32.4 Å². The molecule has 0 aromatic heterocycles. The molecular formula is C27H40BrN4O9PS. The molecule has 240 valence electrons. The maximum Gasteiger partial charge on any atom is 0.469 e. The molecule has 43 heavy (non-hydrogen) atoms. The molecule has 2 amide bonds. The molecule has 0 spiro atoms. The first kappa shape index (κ1) is 36.7. The summed E-state index contributed by atoms with van der Waals surface area (Å²) >= 11 is 3.45. The summed E-state index contributed by atoms with van der Waals surface area (Å²) in [4.78, 5) is 42.8. The molecule has 0 saturated heterocycles. The van der Waals surface area contributed by atoms with Gasteiger partial charge in [0.2, 0.25) is 15.9 Å². The molecular weight excluding hydrogens is 667 g/mol. The number of amides is 2. The fraction of sp³-hybridized carbons (Fsp3) is 0.481. The molecule has 2 aromatic rings. The number of phosphoric ester groups is 1. The van der Waals surface area contributed by atoms with Crippen LogP contribution in [0.4, 0.5) is 10.5 Å². The minimum absolute atomic E-state index is 0.00920. The number of nitrogens with one attached hydrogen (secondary N) is 1. The highest BCUT2D eigenvalue weighted by atomic mass is 79.9. The normalized spacial score (nSPS) is 13.6. The van der Waals surface area contributed by atoms with Crippen molar-refractivity contribution >= 4 is 51.5 Å². The summed E-state index contributed by atoms with van der Waals surface area (Å²) in [6, 6.07) is 12.1. The number of benzene rings is 2. The molecule has 0 fully saturated rings. The Morgan fingerprint density at radius 3 is 2.30 bits per heavy atom. The highest BCUT2D eigenvalue weighted by Crippen LogP contribution is 2.37. The number of halogens is 1. The molecule has 13 nitrogen and oxygen atoms in total. The van der Waals surface area contributed by atoms with E-state index < -0.39 is 42.5 Å². The number of nitrogen functional groups attached to an aromatic ring is 1. The van der Waals surface area contributed by atoms with E-state index in [1.165, 1.54) is 28.6 Å². The predicted octanol–water partition coefficient (Wildman–Crippen LogP) is 3.40. The maximum atomic E-state index is 13.6. The van der Waals surface area contributed by atoms with Crippen LogP contribution in [0.15, 0.2) is 57.9 Å². The van der Waals surface area contributed by atoms with Crippen LogP contribution >= 0.6 is 23.8 Å². The van der Waals surface area contributed by atoms with E-state index >= 15 is 0 Å². The number of hydrogen-bond donors (Lipinski definition) is 5. The number of carbonyl (C=O) groups is 2. The Kier molecular flexibility index (Phi) is 14.6. The van der Waals surface area contributed by atoms with E-state index in [2.05, 4.69) is 21.2 Å². The number of nitrogens with zero attached hydrogens (tertiary/aromatic N) is 1. The van der Waals surface area contributed by atoms with Crippen LogP contribution in [0.1, 0.15) is 38.7 Å². The fourth-order valence-corrected chi connectivity index (χ4v) is 6.89. The highest BCUT2D eigenvalue weighted by Gasteiger charge is 2.33. The van der Waals surface area contributed by atoms with Gasteiger partial charge in [0.15, 0.2) is 0 Å². The summed E-state index contributed by atoms with van der Waals surface area (Å²) in [6.45, 7) is 3.22. The highest BCUT2D eigenvalue weighted by molar-refractivity contribution is 9.10. The Bertz CT molecular complexity index is 1360. The quantitative estimate of drug-likeness (QED) is 0.0866. The Morgan fingerprint density at radius 1 is 1.07 bits per heavy atom. The average Bonchev–Trinajstić information content (AvgIpc) is 2.91. The van der Waals surface area contributed by atoms with Crippen molar-refractivity contribution < 1.29 is 41.6 Å². The molecule has 0 saturated carbocycles. The predicted molar refractivity (Wildman–Crippen MR) is 165 cm³/mol. The average molecular weight is 708 g/mol. The van der Waals surface area contributed by atoms with Crippen LogP contribution in [0.5, 0.6) is 0 Å². The van der Waals surface area contributed by atoms with Gasteiger partial charge in [-0.05, 0) is 61.1 Å². The first-order chi connectivity index (χ1) is 20.1. The Labute approximate surface area is 260 Å². The third kappa shape index (κ3) is 12.9. The van der Waals surface area contributed by atoms with Crippen molar-refractivity contribution in [2.75, 3.05) is 32.0 Å². The zero-order valence-corrected chi connectivity index (χ0v) is 27.4. The summed E-state index contributed by atoms with van der Waals surface area (Å²) in [5, 5.41) is 2.81. The molecule has 0 aliphatic rings. The molecule has 0 heterocycles. The van der Waals surface area contributed by atoms with E-state index in [-0.39, 0.29) is 49.3 Å². The van der Waals surface area contributed by atoms with Gasteiger partial charge in [0, 0.05) is 29.3 Å². The van der Waals surface area contributed by atoms with E-state index in [0.717, 1.165) is 10.0 Å². The molecule has 7 N–H and O–H groups in total. The first-order valence-corrected chi connectivity index (χ1v) is 17.4. The first-order valence-electron chi connectivity index (χ1n) is 13.6. The van der Waals surface area contributed by atoms with Gasteiger partial charge in [0.05, 0.1) is 17.4 Å². The van der Waals surface area contributed by atoms with Gasteiger partial charge in [-0.25, -0.2) is 17.8 Å². The molecule has 0 bridgehead atoms. The molecule has 0 unspecified atom stereocenters. The van der Waals surface area contributed by atoms with E-state index in [4.69, 9.17) is 20.7 Å². The molecule has 0 aliphatic heterocycles. The lowest BCUT2D eigenvalue weighted by Gasteiger charge is -2.32. The largest absolute Gasteiger partial charge is 0.469 e. The second-order valence-corrected chi connectivity index (χ2v) is 14.4. The van der Waals surface area contributed by atoms with Crippen molar-refractivity contribution in [1.29, 1.82) is 0 Å². The molecule has 16 heteroatoms. The van der Waals surface area contributed by atoms with Gasteiger partial charge in [-0.3, -0.25) is 9.32 Å². The van der Waals surface area contributed by atoms with Crippen LogP contribution in [0.25, 0.3) is 0 Å². The molecule has 2 aromatic carbocycles. The van der Waals surface area contributed by atoms with Crippen molar-refractivity contribution in [2.45, 2.75) is 50.5 Å². The Hall–Kier alpha value is -2.52. The van der Waals surface area contributed by atoms with Gasteiger partial charge in [-0.15, -0.1) is 0 Å². The van der Waals surface area contributed by atoms with Gasteiger partial charge in [-0.2, -0.15) is 4.31 Å². The van der Waals surface area contributed by atoms with Crippen molar-refractivity contribution in [1.82, 2.24) is 9.62 Å². The van der Waals surface area contributed by atoms with Gasteiger partial charge < -0.3 is 31.3 Å². The van der Waals surface area contributed by atoms with Crippen LogP contribution in [0, 0.1) is 11.8 Å². The van der Waals surface area contributed by atoms with Gasteiger partial charge in [0.1, 0.15) is 6.61 Å². The fourth-order valence-electron chi connectivity index (χ4n) is 4.27. The summed E-state index contributed by atoms with van der Waals surface area (Å²) in [6.07, 6.45) is 0.313. The number of sulfonamides is 1. The van der Waals surface area contributed by atoms with Crippen molar-refractivity contribution in [2.24, 2.45) is 17.6 Å². The third-order valence-electron chi connectivity index (χ3n) is 6.36. The number of anilines is 1. The second kappa shape index (κ2) is 17.1. The Balaban J connectivity index is 2.11. The maximum absolute atomic E-state index is 13.6. The smallest absolute Gasteiger partial charge is 0.449 e. The second-order valence-electron chi connectivity index (χ2n) is 10.4. The SMILES string of the molecule is CC(C)CN([C@@H](CCCCNC(=O)[C@H](COC(N)=O)Cc1ccccc1Br)COP(=O)(O)O)S(=O)(=O)c1ccc(N)cc1. The van der Waals surface area contributed by atoms with Crippen molar-refractivity contribution in [3.8, 4) is 0 Å². The van der Waals surface area contributed by atoms with Crippen LogP contribution in [0.3, 0.4) is 0 Å². The summed E-state index contributed by atoms with van der Waals surface area (Å²) in [7, 11) is -8.96. The minimum Gasteiger partial charge on any atom is -0.449 e. The number of primary amides is 1. The van der Waals surface area contributed by atoms with Crippen LogP contribution < -0.4 is 16.8 Å². The number of rotatable bonds is 18. The number of hydrogen-bond acceptors (Lipinski definition) is 8. The Morgan fingerprint density at radius 2 is 1.72 bits per heavy atom. The molecule has 0 radical (unpaired) electrons. The summed E-state index contributed by atoms with van der Waals surface area (Å²) < 4.78 is 50.4. The summed E-state index contributed by atoms with van der Waals surface area (Å²) in [5.74, 6) is -1.17. The number of ether oxygens (including phenoxy) is 1. The van der Waals surface area contributed by atoms with E-state index in [1.807, 2.05) is 38.1 Å². The number of carbonyl (C=O) groups excluding carboxylic acids is 2. The standard InChI is InChI=1S/C27H40BrN4O9PS/c1-19(2)16-32(43(38,39)24-12-10-22(29)11-13-24)23(18-41-42(35,36)37)8-5-6-14-31-26(33)21(17-40-27(30)34)15-20-7-3-4-9-25(20)28/h3-4,7,9-13,19,21,23H,5-6,8,14-18,29H2,1-2H3,(H2,30,34)(H,31,33)(H2,35,36,37)/t21-,23-/m0/s1. The lowest BCUT2D eigenvalue weighted by Crippen LogP contribution is -2.45. The topological polar surface area (TPSA) is 212 Å². The summed E-state index contributed by atoms with van der Waals surface area (Å²) in [5.41, 5.74) is 12.0. The van der Waals surface area contributed by atoms with Crippen LogP contribution in [-0.4, -0.2) is 66.9 Å². The zero-order chi connectivity index (χ0) is 32.2. The van der Waals surface area contributed by atoms with Crippen molar-refractivity contribution in [3.05, 3.63) is 58.6 Å². The number of unbranched alkanes of at least 4 members (excludes halogenated alkanes) is 1. The van der Waals surface area contributed by atoms with Gasteiger partial charge in [0.25, 0.3) is 0 Å². The molecule has 2 rings (SSSR count). The third-order valence-corrected chi connectivity index (χ3v) is 9.55. The van der Waals surface area contributed by atoms with E-state index in [1.54, 1.807) is 0 Å². The van der Waals surface area contributed by atoms with E-state index in [0.29, 0.717) is 18.5 Å². The minimum atomic E-state index is -4.88.